The van der Waals surface area contributed by atoms with E-state index in [9.17, 15) is 0 Å². The van der Waals surface area contributed by atoms with Crippen molar-refractivity contribution < 1.29 is 4.52 Å². The minimum atomic E-state index is 0.318. The van der Waals surface area contributed by atoms with Crippen molar-refractivity contribution in [3.8, 4) is 0 Å². The van der Waals surface area contributed by atoms with Gasteiger partial charge >= 0.3 is 0 Å². The normalized spacial score (nSPS) is 31.8. The number of hydrogen-bond donors (Lipinski definition) is 1. The largest absolute Gasteiger partial charge is 0.360 e. The summed E-state index contributed by atoms with van der Waals surface area (Å²) in [5, 5.41) is 7.43. The van der Waals surface area contributed by atoms with Crippen LogP contribution in [0.3, 0.4) is 0 Å². The van der Waals surface area contributed by atoms with E-state index in [1.807, 2.05) is 6.07 Å². The number of nitrogens with one attached hydrogen (secondary N) is 1. The molecule has 0 amide bonds. The molecule has 1 N–H and O–H groups in total. The third-order valence-electron chi connectivity index (χ3n) is 3.86. The minimum Gasteiger partial charge on any atom is -0.360 e. The smallest absolute Gasteiger partial charge is 0.150 e. The van der Waals surface area contributed by atoms with Crippen LogP contribution in [0.2, 0.25) is 0 Å². The summed E-state index contributed by atoms with van der Waals surface area (Å²) in [6.45, 7) is 6.56. The summed E-state index contributed by atoms with van der Waals surface area (Å²) in [6, 6.07) is 1.95. The number of rotatable bonds is 3. The number of aromatic nitrogens is 1. The lowest BCUT2D eigenvalue weighted by atomic mass is 9.93. The van der Waals surface area contributed by atoms with Crippen molar-refractivity contribution in [3.63, 3.8) is 0 Å². The molecule has 2 fully saturated rings. The average Bonchev–Trinajstić information content (AvgIpc) is 3.01. The monoisotopic (exact) mass is 221 g/mol. The maximum absolute atomic E-state index is 5.17. The molecule has 1 saturated carbocycles. The molecule has 1 aliphatic heterocycles. The van der Waals surface area contributed by atoms with Crippen molar-refractivity contribution in [1.82, 2.24) is 15.4 Å². The molecule has 2 aliphatic rings. The Hall–Kier alpha value is -0.870. The maximum atomic E-state index is 5.17. The van der Waals surface area contributed by atoms with Crippen molar-refractivity contribution in [2.45, 2.75) is 31.8 Å². The molecule has 0 aromatic carbocycles. The number of piperazine rings is 1. The zero-order valence-corrected chi connectivity index (χ0v) is 9.78. The molecule has 0 bridgehead atoms. The molecule has 88 valence electrons. The second kappa shape index (κ2) is 3.86. The summed E-state index contributed by atoms with van der Waals surface area (Å²) >= 11 is 0. The van der Waals surface area contributed by atoms with Gasteiger partial charge in [-0.2, -0.15) is 0 Å². The van der Waals surface area contributed by atoms with Crippen LogP contribution in [-0.2, 0) is 6.54 Å². The average molecular weight is 221 g/mol. The van der Waals surface area contributed by atoms with Crippen LogP contribution < -0.4 is 5.32 Å². The van der Waals surface area contributed by atoms with Crippen LogP contribution >= 0.6 is 0 Å². The Labute approximate surface area is 96.0 Å². The Morgan fingerprint density at radius 2 is 2.50 bits per heavy atom. The molecular formula is C12H19N3O. The van der Waals surface area contributed by atoms with E-state index in [1.54, 1.807) is 6.20 Å². The highest BCUT2D eigenvalue weighted by Crippen LogP contribution is 2.40. The molecule has 2 heterocycles. The molecule has 1 atom stereocenters. The van der Waals surface area contributed by atoms with Gasteiger partial charge in [-0.3, -0.25) is 4.90 Å². The van der Waals surface area contributed by atoms with E-state index in [2.05, 4.69) is 22.3 Å². The fourth-order valence-electron chi connectivity index (χ4n) is 2.77. The summed E-state index contributed by atoms with van der Waals surface area (Å²) in [5.41, 5.74) is 0.318. The van der Waals surface area contributed by atoms with Crippen LogP contribution in [0.5, 0.6) is 0 Å². The molecule has 1 aromatic heterocycles. The number of nitrogens with zero attached hydrogens (tertiary/aromatic N) is 2. The van der Waals surface area contributed by atoms with E-state index in [0.29, 0.717) is 5.54 Å². The lowest BCUT2D eigenvalue weighted by Gasteiger charge is -2.41. The lowest BCUT2D eigenvalue weighted by molar-refractivity contribution is 0.112. The quantitative estimate of drug-likeness (QED) is 0.834. The summed E-state index contributed by atoms with van der Waals surface area (Å²) < 4.78 is 5.17. The molecule has 16 heavy (non-hydrogen) atoms. The van der Waals surface area contributed by atoms with Gasteiger partial charge in [0.25, 0.3) is 0 Å². The summed E-state index contributed by atoms with van der Waals surface area (Å²) in [6.07, 6.45) is 4.50. The van der Waals surface area contributed by atoms with Crippen LogP contribution in [0.4, 0.5) is 0 Å². The first-order valence-electron chi connectivity index (χ1n) is 6.13. The second-order valence-corrected chi connectivity index (χ2v) is 5.31. The van der Waals surface area contributed by atoms with Crippen LogP contribution in [0.25, 0.3) is 0 Å². The maximum Gasteiger partial charge on any atom is 0.150 e. The molecule has 1 saturated heterocycles. The second-order valence-electron chi connectivity index (χ2n) is 5.31. The Bertz CT molecular complexity index is 347. The van der Waals surface area contributed by atoms with E-state index in [1.165, 1.54) is 12.8 Å². The zero-order valence-electron chi connectivity index (χ0n) is 9.78. The highest BCUT2D eigenvalue weighted by Gasteiger charge is 2.43. The topological polar surface area (TPSA) is 41.3 Å². The van der Waals surface area contributed by atoms with Gasteiger partial charge in [0.05, 0.1) is 12.7 Å². The Kier molecular flexibility index (Phi) is 2.48. The zero-order chi connectivity index (χ0) is 11.0. The predicted octanol–water partition coefficient (Wildman–Crippen LogP) is 1.25. The molecule has 1 aromatic rings. The van der Waals surface area contributed by atoms with Gasteiger partial charge in [-0.15, -0.1) is 0 Å². The number of hydrogen-bond acceptors (Lipinski definition) is 4. The molecule has 4 heteroatoms. The van der Waals surface area contributed by atoms with E-state index < -0.39 is 0 Å². The van der Waals surface area contributed by atoms with E-state index in [4.69, 9.17) is 4.52 Å². The van der Waals surface area contributed by atoms with Crippen LogP contribution in [-0.4, -0.2) is 35.2 Å². The Balaban J connectivity index is 1.63. The van der Waals surface area contributed by atoms with Crippen LogP contribution in [0.15, 0.2) is 16.8 Å². The lowest BCUT2D eigenvalue weighted by Crippen LogP contribution is -2.59. The third-order valence-corrected chi connectivity index (χ3v) is 3.86. The molecule has 1 unspecified atom stereocenters. The first kappa shape index (κ1) is 10.3. The van der Waals surface area contributed by atoms with Crippen molar-refractivity contribution in [2.75, 3.05) is 19.6 Å². The fourth-order valence-corrected chi connectivity index (χ4v) is 2.77. The van der Waals surface area contributed by atoms with Gasteiger partial charge in [0, 0.05) is 31.2 Å². The van der Waals surface area contributed by atoms with E-state index in [0.717, 1.165) is 37.9 Å². The predicted molar refractivity (Wildman–Crippen MR) is 60.9 cm³/mol. The van der Waals surface area contributed by atoms with Gasteiger partial charge in [0.1, 0.15) is 0 Å². The highest BCUT2D eigenvalue weighted by atomic mass is 16.5. The fraction of sp³-hybridized carbons (Fsp3) is 0.750. The molecule has 0 spiro atoms. The van der Waals surface area contributed by atoms with Crippen LogP contribution in [0.1, 0.15) is 25.5 Å². The standard InChI is InChI=1S/C12H19N3O/c1-12(10-2-3-10)9-15(7-6-13-12)8-11-4-5-14-16-11/h4-5,10,13H,2-3,6-9H2,1H3. The van der Waals surface area contributed by atoms with Gasteiger partial charge in [-0.1, -0.05) is 5.16 Å². The van der Waals surface area contributed by atoms with Crippen molar-refractivity contribution in [2.24, 2.45) is 5.92 Å². The van der Waals surface area contributed by atoms with Crippen molar-refractivity contribution >= 4 is 0 Å². The Morgan fingerprint density at radius 1 is 1.62 bits per heavy atom. The highest BCUT2D eigenvalue weighted by molar-refractivity contribution is 5.03. The van der Waals surface area contributed by atoms with Gasteiger partial charge in [-0.25, -0.2) is 0 Å². The summed E-state index contributed by atoms with van der Waals surface area (Å²) in [5.74, 6) is 1.85. The molecular weight excluding hydrogens is 202 g/mol. The molecule has 1 aliphatic carbocycles. The summed E-state index contributed by atoms with van der Waals surface area (Å²) in [7, 11) is 0. The molecule has 3 rings (SSSR count). The van der Waals surface area contributed by atoms with Gasteiger partial charge in [0.15, 0.2) is 5.76 Å². The third kappa shape index (κ3) is 1.99. The van der Waals surface area contributed by atoms with Crippen molar-refractivity contribution in [3.05, 3.63) is 18.0 Å². The SMILES string of the molecule is CC1(C2CC2)CN(Cc2ccno2)CCN1. The van der Waals surface area contributed by atoms with E-state index >= 15 is 0 Å². The van der Waals surface area contributed by atoms with Crippen LogP contribution in [0, 0.1) is 5.92 Å². The molecule has 0 radical (unpaired) electrons. The summed E-state index contributed by atoms with van der Waals surface area (Å²) in [4.78, 5) is 2.47. The van der Waals surface area contributed by atoms with E-state index in [-0.39, 0.29) is 0 Å². The van der Waals surface area contributed by atoms with Crippen molar-refractivity contribution in [1.29, 1.82) is 0 Å². The molecule has 4 nitrogen and oxygen atoms in total. The van der Waals surface area contributed by atoms with Gasteiger partial charge in [-0.05, 0) is 25.7 Å². The van der Waals surface area contributed by atoms with Gasteiger partial charge < -0.3 is 9.84 Å². The first-order chi connectivity index (χ1) is 7.76. The minimum absolute atomic E-state index is 0.318. The van der Waals surface area contributed by atoms with Gasteiger partial charge in [0.2, 0.25) is 0 Å². The first-order valence-corrected chi connectivity index (χ1v) is 6.13. The Morgan fingerprint density at radius 3 is 3.19 bits per heavy atom.